The predicted octanol–water partition coefficient (Wildman–Crippen LogP) is 2.95. The second kappa shape index (κ2) is 11.0. The first-order valence-electron chi connectivity index (χ1n) is 12.3. The van der Waals surface area contributed by atoms with E-state index in [-0.39, 0.29) is 21.1 Å². The predicted molar refractivity (Wildman–Crippen MR) is 160 cm³/mol. The average Bonchev–Trinajstić information content (AvgIpc) is 2.94. The van der Waals surface area contributed by atoms with Gasteiger partial charge in [0, 0.05) is 28.1 Å². The van der Waals surface area contributed by atoms with E-state index in [9.17, 15) is 34.4 Å². The number of hydrogen-bond acceptors (Lipinski definition) is 11. The van der Waals surface area contributed by atoms with Crippen LogP contribution in [0.4, 0.5) is 17.1 Å². The SMILES string of the molecule is Nc1ccc(NNC2=CC=C(NNc3ccc(S(=O)(=O)O)cc3)C3=CC(S(=O)(=O)O)=CCC23)c2ccc(S(=O)(=O)O)cc12. The molecule has 43 heavy (non-hydrogen) atoms. The van der Waals surface area contributed by atoms with Crippen LogP contribution >= 0.6 is 0 Å². The molecule has 2 aliphatic rings. The smallest absolute Gasteiger partial charge is 0.294 e. The molecule has 2 aliphatic carbocycles. The van der Waals surface area contributed by atoms with Crippen molar-refractivity contribution in [2.75, 3.05) is 16.6 Å². The molecule has 14 nitrogen and oxygen atoms in total. The molecule has 0 aliphatic heterocycles. The Morgan fingerprint density at radius 3 is 2.02 bits per heavy atom. The Labute approximate surface area is 246 Å². The quantitative estimate of drug-likeness (QED) is 0.0947. The van der Waals surface area contributed by atoms with Gasteiger partial charge in [-0.15, -0.1) is 0 Å². The minimum absolute atomic E-state index is 0.198. The number of rotatable bonds is 9. The lowest BCUT2D eigenvalue weighted by molar-refractivity contribution is 0.481. The third kappa shape index (κ3) is 6.51. The van der Waals surface area contributed by atoms with E-state index in [0.717, 1.165) is 0 Å². The number of anilines is 3. The van der Waals surface area contributed by atoms with Crippen molar-refractivity contribution in [2.45, 2.75) is 16.2 Å². The summed E-state index contributed by atoms with van der Waals surface area (Å²) in [5.74, 6) is -0.402. The van der Waals surface area contributed by atoms with Crippen molar-refractivity contribution in [1.82, 2.24) is 10.9 Å². The molecule has 0 spiro atoms. The topological polar surface area (TPSA) is 237 Å². The highest BCUT2D eigenvalue weighted by Crippen LogP contribution is 2.37. The number of nitrogens with one attached hydrogen (secondary N) is 4. The Balaban J connectivity index is 1.42. The normalized spacial score (nSPS) is 17.1. The Morgan fingerprint density at radius 2 is 1.37 bits per heavy atom. The Morgan fingerprint density at radius 1 is 0.698 bits per heavy atom. The summed E-state index contributed by atoms with van der Waals surface area (Å²) in [7, 11) is -13.3. The van der Waals surface area contributed by atoms with Gasteiger partial charge in [0.15, 0.2) is 0 Å². The van der Waals surface area contributed by atoms with Crippen molar-refractivity contribution in [2.24, 2.45) is 5.92 Å². The molecule has 0 saturated carbocycles. The summed E-state index contributed by atoms with van der Waals surface area (Å²) in [5.41, 5.74) is 20.9. The summed E-state index contributed by atoms with van der Waals surface area (Å²) in [6.45, 7) is 0. The van der Waals surface area contributed by atoms with Gasteiger partial charge >= 0.3 is 0 Å². The fourth-order valence-corrected chi connectivity index (χ4v) is 6.22. The first-order chi connectivity index (χ1) is 20.1. The second-order valence-electron chi connectivity index (χ2n) is 9.56. The minimum Gasteiger partial charge on any atom is -0.398 e. The number of hydrazine groups is 2. The number of fused-ring (bicyclic) bond motifs is 2. The molecule has 1 atom stereocenters. The summed E-state index contributed by atoms with van der Waals surface area (Å²) in [6.07, 6.45) is 6.30. The van der Waals surface area contributed by atoms with Crippen molar-refractivity contribution >= 4 is 58.2 Å². The van der Waals surface area contributed by atoms with Crippen LogP contribution < -0.4 is 27.4 Å². The van der Waals surface area contributed by atoms with Crippen molar-refractivity contribution in [1.29, 1.82) is 0 Å². The van der Waals surface area contributed by atoms with Crippen molar-refractivity contribution in [3.63, 3.8) is 0 Å². The van der Waals surface area contributed by atoms with Crippen LogP contribution in [0.15, 0.2) is 111 Å². The van der Waals surface area contributed by atoms with E-state index in [4.69, 9.17) is 10.3 Å². The molecule has 0 fully saturated rings. The van der Waals surface area contributed by atoms with E-state index < -0.39 is 36.3 Å². The maximum Gasteiger partial charge on any atom is 0.294 e. The lowest BCUT2D eigenvalue weighted by Crippen LogP contribution is -2.33. The van der Waals surface area contributed by atoms with E-state index in [0.29, 0.717) is 44.8 Å². The molecule has 0 saturated heterocycles. The molecule has 17 heteroatoms. The summed E-state index contributed by atoms with van der Waals surface area (Å²) in [6, 6.07) is 12.5. The molecule has 3 aromatic rings. The zero-order chi connectivity index (χ0) is 31.2. The number of hydrogen-bond donors (Lipinski definition) is 8. The molecule has 0 aromatic heterocycles. The third-order valence-electron chi connectivity index (χ3n) is 6.80. The van der Waals surface area contributed by atoms with E-state index in [1.165, 1.54) is 54.6 Å². The number of nitrogens with two attached hydrogens (primary N) is 1. The van der Waals surface area contributed by atoms with Crippen LogP contribution in [-0.2, 0) is 30.4 Å². The molecule has 3 aromatic carbocycles. The molecule has 9 N–H and O–H groups in total. The summed E-state index contributed by atoms with van der Waals surface area (Å²) in [5, 5.41) is 0.951. The molecule has 0 amide bonds. The van der Waals surface area contributed by atoms with Gasteiger partial charge in [-0.2, -0.15) is 25.3 Å². The van der Waals surface area contributed by atoms with Crippen LogP contribution in [0, 0.1) is 5.92 Å². The monoisotopic (exact) mass is 647 g/mol. The van der Waals surface area contributed by atoms with E-state index in [2.05, 4.69) is 21.7 Å². The fraction of sp³-hybridized carbons (Fsp3) is 0.0769. The van der Waals surface area contributed by atoms with Crippen molar-refractivity contribution in [3.05, 3.63) is 101 Å². The van der Waals surface area contributed by atoms with Crippen LogP contribution in [0.1, 0.15) is 6.42 Å². The van der Waals surface area contributed by atoms with Gasteiger partial charge in [-0.1, -0.05) is 12.1 Å². The molecular formula is C26H25N5O9S3. The second-order valence-corrected chi connectivity index (χ2v) is 13.8. The number of allylic oxidation sites excluding steroid dienone is 6. The molecular weight excluding hydrogens is 623 g/mol. The zero-order valence-corrected chi connectivity index (χ0v) is 24.3. The van der Waals surface area contributed by atoms with Crippen LogP contribution in [0.5, 0.6) is 0 Å². The summed E-state index contributed by atoms with van der Waals surface area (Å²) >= 11 is 0. The standard InChI is InChI=1S/C26H25N5O9S3/c27-23-9-10-24(19-7-5-17(13-21(19)23)42(35,36)37)30-31-25-11-12-26(22-14-18(43(38,39)40)6-8-20(22)25)29-28-15-1-3-16(4-2-15)41(32,33)34/h1-7,9-14,20,28-31H,8,27H2,(H,32,33,34)(H,35,36,37)(H,38,39,40). The molecule has 1 unspecified atom stereocenters. The van der Waals surface area contributed by atoms with Gasteiger partial charge < -0.3 is 27.4 Å². The maximum atomic E-state index is 11.9. The van der Waals surface area contributed by atoms with Gasteiger partial charge in [-0.05, 0) is 78.8 Å². The van der Waals surface area contributed by atoms with Crippen molar-refractivity contribution in [3.8, 4) is 0 Å². The van der Waals surface area contributed by atoms with Gasteiger partial charge in [0.05, 0.1) is 31.8 Å². The summed E-state index contributed by atoms with van der Waals surface area (Å²) in [4.78, 5) is -0.873. The highest BCUT2D eigenvalue weighted by atomic mass is 32.2. The van der Waals surface area contributed by atoms with E-state index in [1.807, 2.05) is 0 Å². The van der Waals surface area contributed by atoms with Gasteiger partial charge in [-0.25, -0.2) is 0 Å². The first kappa shape index (κ1) is 30.1. The Bertz CT molecular complexity index is 2090. The minimum atomic E-state index is -4.50. The lowest BCUT2D eigenvalue weighted by atomic mass is 9.83. The average molecular weight is 648 g/mol. The summed E-state index contributed by atoms with van der Waals surface area (Å²) < 4.78 is 97.8. The van der Waals surface area contributed by atoms with Gasteiger partial charge in [0.1, 0.15) is 0 Å². The van der Waals surface area contributed by atoms with Crippen LogP contribution in [0.25, 0.3) is 10.8 Å². The highest BCUT2D eigenvalue weighted by Gasteiger charge is 2.30. The largest absolute Gasteiger partial charge is 0.398 e. The van der Waals surface area contributed by atoms with Crippen LogP contribution in [-0.4, -0.2) is 38.9 Å². The maximum absolute atomic E-state index is 11.9. The van der Waals surface area contributed by atoms with Crippen molar-refractivity contribution < 1.29 is 38.9 Å². The fourth-order valence-electron chi connectivity index (χ4n) is 4.65. The number of benzene rings is 3. The van der Waals surface area contributed by atoms with Gasteiger partial charge in [0.25, 0.3) is 30.4 Å². The van der Waals surface area contributed by atoms with Gasteiger partial charge in [-0.3, -0.25) is 13.7 Å². The zero-order valence-electron chi connectivity index (χ0n) is 21.9. The van der Waals surface area contributed by atoms with E-state index in [1.54, 1.807) is 24.3 Å². The highest BCUT2D eigenvalue weighted by molar-refractivity contribution is 7.90. The third-order valence-corrected chi connectivity index (χ3v) is 9.39. The lowest BCUT2D eigenvalue weighted by Gasteiger charge is -2.31. The first-order valence-corrected chi connectivity index (χ1v) is 16.7. The molecule has 0 bridgehead atoms. The van der Waals surface area contributed by atoms with Crippen LogP contribution in [0.3, 0.4) is 0 Å². The molecule has 0 heterocycles. The van der Waals surface area contributed by atoms with E-state index >= 15 is 0 Å². The van der Waals surface area contributed by atoms with Gasteiger partial charge in [0.2, 0.25) is 0 Å². The number of nitrogen functional groups attached to an aromatic ring is 1. The van der Waals surface area contributed by atoms with Crippen LogP contribution in [0.2, 0.25) is 0 Å². The molecule has 226 valence electrons. The Hall–Kier alpha value is -4.39. The molecule has 0 radical (unpaired) electrons. The molecule has 5 rings (SSSR count). The Kier molecular flexibility index (Phi) is 7.71.